The third-order valence-electron chi connectivity index (χ3n) is 3.31. The second kappa shape index (κ2) is 7.05. The van der Waals surface area contributed by atoms with E-state index in [1.807, 2.05) is 6.92 Å². The predicted molar refractivity (Wildman–Crippen MR) is 80.8 cm³/mol. The van der Waals surface area contributed by atoms with Gasteiger partial charge in [-0.15, -0.1) is 0 Å². The Kier molecular flexibility index (Phi) is 5.60. The summed E-state index contributed by atoms with van der Waals surface area (Å²) < 4.78 is 29.0. The molecule has 120 valence electrons. The van der Waals surface area contributed by atoms with Gasteiger partial charge in [0, 0.05) is 26.2 Å². The van der Waals surface area contributed by atoms with Crippen molar-refractivity contribution in [3.05, 3.63) is 11.7 Å². The van der Waals surface area contributed by atoms with Crippen LogP contribution in [-0.2, 0) is 16.8 Å². The number of thioether (sulfide) groups is 1. The van der Waals surface area contributed by atoms with Crippen LogP contribution in [0.25, 0.3) is 0 Å². The molecule has 0 bridgehead atoms. The number of nitrogens with two attached hydrogens (primary N) is 1. The Morgan fingerprint density at radius 3 is 2.62 bits per heavy atom. The van der Waals surface area contributed by atoms with E-state index in [1.54, 1.807) is 11.8 Å². The lowest BCUT2D eigenvalue weighted by Crippen LogP contribution is -2.50. The fourth-order valence-corrected chi connectivity index (χ4v) is 3.57. The minimum absolute atomic E-state index is 0.215. The maximum absolute atomic E-state index is 11.2. The van der Waals surface area contributed by atoms with Crippen molar-refractivity contribution in [3.63, 3.8) is 0 Å². The van der Waals surface area contributed by atoms with Gasteiger partial charge in [0.2, 0.25) is 5.89 Å². The summed E-state index contributed by atoms with van der Waals surface area (Å²) in [4.78, 5) is 6.47. The summed E-state index contributed by atoms with van der Waals surface area (Å²) in [5.74, 6) is 2.28. The highest BCUT2D eigenvalue weighted by Crippen LogP contribution is 2.25. The van der Waals surface area contributed by atoms with Gasteiger partial charge >= 0.3 is 0 Å². The Morgan fingerprint density at radius 2 is 2.05 bits per heavy atom. The first-order chi connectivity index (χ1) is 9.90. The molecule has 0 spiro atoms. The van der Waals surface area contributed by atoms with Crippen molar-refractivity contribution in [2.45, 2.75) is 25.6 Å². The molecule has 1 aromatic rings. The maximum atomic E-state index is 11.2. The lowest BCUT2D eigenvalue weighted by molar-refractivity contribution is 0.163. The van der Waals surface area contributed by atoms with Gasteiger partial charge < -0.3 is 4.52 Å². The van der Waals surface area contributed by atoms with Crippen LogP contribution in [-0.4, -0.2) is 59.7 Å². The third-order valence-corrected chi connectivity index (χ3v) is 5.44. The van der Waals surface area contributed by atoms with Crippen LogP contribution in [0, 0.1) is 0 Å². The molecule has 1 saturated heterocycles. The first-order valence-electron chi connectivity index (χ1n) is 6.84. The summed E-state index contributed by atoms with van der Waals surface area (Å²) in [5.41, 5.74) is 0. The van der Waals surface area contributed by atoms with Gasteiger partial charge in [-0.3, -0.25) is 4.90 Å². The van der Waals surface area contributed by atoms with E-state index in [9.17, 15) is 8.42 Å². The van der Waals surface area contributed by atoms with Crippen LogP contribution in [0.1, 0.15) is 30.8 Å². The summed E-state index contributed by atoms with van der Waals surface area (Å²) in [6.45, 7) is 6.67. The van der Waals surface area contributed by atoms with E-state index < -0.39 is 10.2 Å². The van der Waals surface area contributed by atoms with Gasteiger partial charge in [-0.25, -0.2) is 5.14 Å². The molecule has 2 heterocycles. The summed E-state index contributed by atoms with van der Waals surface area (Å²) in [5, 5.41) is 9.32. The molecule has 21 heavy (non-hydrogen) atoms. The van der Waals surface area contributed by atoms with Crippen molar-refractivity contribution in [1.29, 1.82) is 0 Å². The molecule has 0 radical (unpaired) electrons. The average Bonchev–Trinajstić information content (AvgIpc) is 2.87. The van der Waals surface area contributed by atoms with Crippen LogP contribution < -0.4 is 5.14 Å². The third kappa shape index (κ3) is 4.65. The van der Waals surface area contributed by atoms with E-state index in [4.69, 9.17) is 9.66 Å². The second-order valence-corrected chi connectivity index (χ2v) is 8.03. The molecule has 1 unspecified atom stereocenters. The van der Waals surface area contributed by atoms with Crippen molar-refractivity contribution in [2.75, 3.05) is 31.9 Å². The SMILES string of the molecule is CCSC(C)c1noc(CN2CCN(S(N)(=O)=O)CC2)n1. The van der Waals surface area contributed by atoms with Gasteiger partial charge in [-0.2, -0.15) is 29.5 Å². The number of rotatable bonds is 6. The molecule has 2 N–H and O–H groups in total. The van der Waals surface area contributed by atoms with Gasteiger partial charge in [-0.05, 0) is 12.7 Å². The molecule has 0 aliphatic carbocycles. The Balaban J connectivity index is 1.86. The van der Waals surface area contributed by atoms with Crippen LogP contribution >= 0.6 is 11.8 Å². The highest BCUT2D eigenvalue weighted by molar-refractivity contribution is 7.99. The fourth-order valence-electron chi connectivity index (χ4n) is 2.16. The standard InChI is InChI=1S/C11H21N5O3S2/c1-3-20-9(2)11-13-10(19-14-11)8-15-4-6-16(7-5-15)21(12,17)18/h9H,3-8H2,1-2H3,(H2,12,17,18). The highest BCUT2D eigenvalue weighted by atomic mass is 32.2. The van der Waals surface area contributed by atoms with Gasteiger partial charge in [0.1, 0.15) is 0 Å². The molecular formula is C11H21N5O3S2. The van der Waals surface area contributed by atoms with Crippen LogP contribution in [0.3, 0.4) is 0 Å². The summed E-state index contributed by atoms with van der Waals surface area (Å²) >= 11 is 1.76. The smallest absolute Gasteiger partial charge is 0.276 e. The summed E-state index contributed by atoms with van der Waals surface area (Å²) in [6, 6.07) is 0. The Morgan fingerprint density at radius 1 is 1.38 bits per heavy atom. The molecule has 2 rings (SSSR count). The van der Waals surface area contributed by atoms with E-state index in [0.29, 0.717) is 44.4 Å². The first kappa shape index (κ1) is 16.7. The van der Waals surface area contributed by atoms with Crippen molar-refractivity contribution in [3.8, 4) is 0 Å². The molecule has 10 heteroatoms. The molecule has 0 aromatic carbocycles. The van der Waals surface area contributed by atoms with Crippen molar-refractivity contribution < 1.29 is 12.9 Å². The van der Waals surface area contributed by atoms with E-state index >= 15 is 0 Å². The number of nitrogens with zero attached hydrogens (tertiary/aromatic N) is 4. The molecule has 1 aliphatic heterocycles. The van der Waals surface area contributed by atoms with Crippen LogP contribution in [0.4, 0.5) is 0 Å². The minimum Gasteiger partial charge on any atom is -0.338 e. The van der Waals surface area contributed by atoms with Crippen molar-refractivity contribution >= 4 is 22.0 Å². The van der Waals surface area contributed by atoms with Crippen LogP contribution in [0.2, 0.25) is 0 Å². The second-order valence-electron chi connectivity index (χ2n) is 4.86. The summed E-state index contributed by atoms with van der Waals surface area (Å²) in [6.07, 6.45) is 0. The van der Waals surface area contributed by atoms with Gasteiger partial charge in [0.05, 0.1) is 11.8 Å². The zero-order valence-corrected chi connectivity index (χ0v) is 13.9. The Hall–Kier alpha value is -0.680. The van der Waals surface area contributed by atoms with Gasteiger partial charge in [-0.1, -0.05) is 12.1 Å². The topological polar surface area (TPSA) is 106 Å². The molecule has 0 amide bonds. The predicted octanol–water partition coefficient (Wildman–Crippen LogP) is 0.205. The van der Waals surface area contributed by atoms with E-state index in [-0.39, 0.29) is 5.25 Å². The number of aromatic nitrogens is 2. The highest BCUT2D eigenvalue weighted by Gasteiger charge is 2.25. The molecule has 1 aromatic heterocycles. The van der Waals surface area contributed by atoms with E-state index in [2.05, 4.69) is 22.0 Å². The van der Waals surface area contributed by atoms with Crippen molar-refractivity contribution in [2.24, 2.45) is 5.14 Å². The lowest BCUT2D eigenvalue weighted by atomic mass is 10.3. The zero-order chi connectivity index (χ0) is 15.5. The normalized spacial score (nSPS) is 19.8. The molecule has 1 fully saturated rings. The molecule has 1 atom stereocenters. The summed E-state index contributed by atoms with van der Waals surface area (Å²) in [7, 11) is -3.58. The largest absolute Gasteiger partial charge is 0.338 e. The van der Waals surface area contributed by atoms with Gasteiger partial charge in [0.25, 0.3) is 10.2 Å². The molecule has 8 nitrogen and oxygen atoms in total. The number of hydrogen-bond acceptors (Lipinski definition) is 7. The average molecular weight is 335 g/mol. The number of piperazine rings is 1. The van der Waals surface area contributed by atoms with E-state index in [0.717, 1.165) is 5.75 Å². The maximum Gasteiger partial charge on any atom is 0.276 e. The first-order valence-corrected chi connectivity index (χ1v) is 9.39. The number of hydrogen-bond donors (Lipinski definition) is 1. The van der Waals surface area contributed by atoms with Crippen LogP contribution in [0.15, 0.2) is 4.52 Å². The molecular weight excluding hydrogens is 314 g/mol. The van der Waals surface area contributed by atoms with Crippen LogP contribution in [0.5, 0.6) is 0 Å². The fraction of sp³-hybridized carbons (Fsp3) is 0.818. The molecule has 1 aliphatic rings. The monoisotopic (exact) mass is 335 g/mol. The molecule has 0 saturated carbocycles. The Bertz CT molecular complexity index is 554. The lowest BCUT2D eigenvalue weighted by Gasteiger charge is -2.31. The van der Waals surface area contributed by atoms with Gasteiger partial charge in [0.15, 0.2) is 5.82 Å². The van der Waals surface area contributed by atoms with Crippen molar-refractivity contribution in [1.82, 2.24) is 19.3 Å². The van der Waals surface area contributed by atoms with E-state index in [1.165, 1.54) is 4.31 Å². The minimum atomic E-state index is -3.58. The Labute approximate surface area is 129 Å². The quantitative estimate of drug-likeness (QED) is 0.792. The zero-order valence-electron chi connectivity index (χ0n) is 12.2.